The van der Waals surface area contributed by atoms with E-state index in [1.54, 1.807) is 6.20 Å². The molecule has 0 saturated carbocycles. The van der Waals surface area contributed by atoms with E-state index in [-0.39, 0.29) is 24.5 Å². The number of aryl methyl sites for hydroxylation is 2. The molecule has 0 aliphatic carbocycles. The first-order valence-corrected chi connectivity index (χ1v) is 9.01. The van der Waals surface area contributed by atoms with E-state index in [1.807, 2.05) is 23.6 Å². The maximum atomic E-state index is 12.9. The summed E-state index contributed by atoms with van der Waals surface area (Å²) >= 11 is 0. The summed E-state index contributed by atoms with van der Waals surface area (Å²) in [6.07, 6.45) is 4.37. The number of piperidine rings is 2. The van der Waals surface area contributed by atoms with Crippen LogP contribution in [0.15, 0.2) is 6.20 Å². The Balaban J connectivity index is 1.70. The largest absolute Gasteiger partial charge is 0.396 e. The van der Waals surface area contributed by atoms with Crippen LogP contribution in [0.3, 0.4) is 0 Å². The molecular formula is C18H26N4O3. The molecule has 1 aromatic rings. The van der Waals surface area contributed by atoms with Gasteiger partial charge in [0.1, 0.15) is 5.82 Å². The van der Waals surface area contributed by atoms with Gasteiger partial charge in [-0.05, 0) is 39.0 Å². The summed E-state index contributed by atoms with van der Waals surface area (Å²) in [4.78, 5) is 37.3. The molecule has 0 radical (unpaired) electrons. The highest BCUT2D eigenvalue weighted by Crippen LogP contribution is 2.32. The number of hydrogen-bond donors (Lipinski definition) is 1. The smallest absolute Gasteiger partial charge is 0.257 e. The predicted octanol–water partition coefficient (Wildman–Crippen LogP) is 0.929. The summed E-state index contributed by atoms with van der Waals surface area (Å²) in [5.41, 5.74) is 1.27. The lowest BCUT2D eigenvalue weighted by molar-refractivity contribution is -0.140. The van der Waals surface area contributed by atoms with Crippen molar-refractivity contribution < 1.29 is 14.7 Å². The molecule has 2 saturated heterocycles. The number of aliphatic hydroxyl groups is 1. The Morgan fingerprint density at radius 3 is 2.88 bits per heavy atom. The highest BCUT2D eigenvalue weighted by molar-refractivity contribution is 5.95. The fourth-order valence-corrected chi connectivity index (χ4v) is 4.03. The lowest BCUT2D eigenvalue weighted by Gasteiger charge is -2.47. The lowest BCUT2D eigenvalue weighted by atomic mass is 9.83. The molecule has 7 nitrogen and oxygen atoms in total. The SMILES string of the molecule is Cc1ncc(C(=O)N2CC[C@@H]3[C@@H](CCC(=O)N3CCCO)C2)c(C)n1. The standard InChI is InChI=1S/C18H26N4O3/c1-12-15(10-19-13(2)20-12)18(25)21-8-6-16-14(11-21)4-5-17(24)22(16)7-3-9-23/h10,14,16,23H,3-9,11H2,1-2H3/t14-,16+/m0/s1. The molecule has 1 aromatic heterocycles. The highest BCUT2D eigenvalue weighted by atomic mass is 16.3. The van der Waals surface area contributed by atoms with Gasteiger partial charge in [0, 0.05) is 44.9 Å². The van der Waals surface area contributed by atoms with Crippen LogP contribution in [0.2, 0.25) is 0 Å². The number of likely N-dealkylation sites (tertiary alicyclic amines) is 2. The molecule has 0 unspecified atom stereocenters. The van der Waals surface area contributed by atoms with Crippen molar-refractivity contribution in [3.8, 4) is 0 Å². The molecule has 0 aromatic carbocycles. The molecule has 0 spiro atoms. The molecular weight excluding hydrogens is 320 g/mol. The maximum Gasteiger partial charge on any atom is 0.257 e. The molecule has 25 heavy (non-hydrogen) atoms. The Hall–Kier alpha value is -2.02. The minimum atomic E-state index is -0.0187. The van der Waals surface area contributed by atoms with Gasteiger partial charge < -0.3 is 14.9 Å². The van der Waals surface area contributed by atoms with Gasteiger partial charge in [-0.3, -0.25) is 9.59 Å². The van der Waals surface area contributed by atoms with Gasteiger partial charge in [0.15, 0.2) is 0 Å². The molecule has 136 valence electrons. The fourth-order valence-electron chi connectivity index (χ4n) is 4.03. The number of aliphatic hydroxyl groups excluding tert-OH is 1. The fraction of sp³-hybridized carbons (Fsp3) is 0.667. The quantitative estimate of drug-likeness (QED) is 0.876. The number of hydrogen-bond acceptors (Lipinski definition) is 5. The normalized spacial score (nSPS) is 23.6. The van der Waals surface area contributed by atoms with Gasteiger partial charge in [0.25, 0.3) is 5.91 Å². The Kier molecular flexibility index (Phi) is 5.32. The number of rotatable bonds is 4. The molecule has 2 aliphatic rings. The third kappa shape index (κ3) is 3.66. The molecule has 2 amide bonds. The zero-order valence-corrected chi connectivity index (χ0v) is 14.9. The lowest BCUT2D eigenvalue weighted by Crippen LogP contribution is -2.57. The zero-order chi connectivity index (χ0) is 18.0. The van der Waals surface area contributed by atoms with Crippen LogP contribution in [0, 0.1) is 19.8 Å². The second-order valence-electron chi connectivity index (χ2n) is 6.99. The summed E-state index contributed by atoms with van der Waals surface area (Å²) in [5.74, 6) is 1.13. The van der Waals surface area contributed by atoms with Gasteiger partial charge in [-0.1, -0.05) is 0 Å². The van der Waals surface area contributed by atoms with E-state index in [1.165, 1.54) is 0 Å². The number of nitrogens with zero attached hydrogens (tertiary/aromatic N) is 4. The average Bonchev–Trinajstić information content (AvgIpc) is 2.60. The van der Waals surface area contributed by atoms with Gasteiger partial charge in [0.05, 0.1) is 11.3 Å². The third-order valence-corrected chi connectivity index (χ3v) is 5.32. The van der Waals surface area contributed by atoms with Crippen LogP contribution in [0.25, 0.3) is 0 Å². The maximum absolute atomic E-state index is 12.9. The summed E-state index contributed by atoms with van der Waals surface area (Å²) in [5, 5.41) is 9.06. The van der Waals surface area contributed by atoms with Gasteiger partial charge in [-0.25, -0.2) is 9.97 Å². The van der Waals surface area contributed by atoms with Crippen LogP contribution in [0.5, 0.6) is 0 Å². The van der Waals surface area contributed by atoms with Crippen LogP contribution in [0.4, 0.5) is 0 Å². The third-order valence-electron chi connectivity index (χ3n) is 5.32. The molecule has 0 bridgehead atoms. The van der Waals surface area contributed by atoms with Crippen LogP contribution in [-0.2, 0) is 4.79 Å². The first-order valence-electron chi connectivity index (χ1n) is 9.01. The molecule has 2 aliphatic heterocycles. The van der Waals surface area contributed by atoms with E-state index in [9.17, 15) is 9.59 Å². The van der Waals surface area contributed by atoms with Gasteiger partial charge in [-0.15, -0.1) is 0 Å². The van der Waals surface area contributed by atoms with E-state index >= 15 is 0 Å². The van der Waals surface area contributed by atoms with E-state index in [0.29, 0.717) is 55.5 Å². The molecule has 7 heteroatoms. The van der Waals surface area contributed by atoms with Gasteiger partial charge >= 0.3 is 0 Å². The Morgan fingerprint density at radius 1 is 1.36 bits per heavy atom. The van der Waals surface area contributed by atoms with Crippen LogP contribution in [0.1, 0.15) is 47.6 Å². The van der Waals surface area contributed by atoms with E-state index < -0.39 is 0 Å². The monoisotopic (exact) mass is 346 g/mol. The first kappa shape index (κ1) is 17.8. The second kappa shape index (κ2) is 7.47. The average molecular weight is 346 g/mol. The Labute approximate surface area is 148 Å². The molecule has 3 rings (SSSR count). The van der Waals surface area contributed by atoms with E-state index in [2.05, 4.69) is 9.97 Å². The first-order chi connectivity index (χ1) is 12.0. The highest BCUT2D eigenvalue weighted by Gasteiger charge is 2.40. The van der Waals surface area contributed by atoms with Crippen molar-refractivity contribution in [2.75, 3.05) is 26.2 Å². The second-order valence-corrected chi connectivity index (χ2v) is 6.99. The van der Waals surface area contributed by atoms with Crippen molar-refractivity contribution in [1.29, 1.82) is 0 Å². The molecule has 2 fully saturated rings. The summed E-state index contributed by atoms with van der Waals surface area (Å²) in [7, 11) is 0. The summed E-state index contributed by atoms with van der Waals surface area (Å²) < 4.78 is 0. The van der Waals surface area contributed by atoms with Crippen molar-refractivity contribution >= 4 is 11.8 Å². The molecule has 2 atom stereocenters. The van der Waals surface area contributed by atoms with Crippen LogP contribution < -0.4 is 0 Å². The minimum Gasteiger partial charge on any atom is -0.396 e. The van der Waals surface area contributed by atoms with E-state index in [0.717, 1.165) is 12.8 Å². The van der Waals surface area contributed by atoms with Gasteiger partial charge in [0.2, 0.25) is 5.91 Å². The van der Waals surface area contributed by atoms with E-state index in [4.69, 9.17) is 5.11 Å². The topological polar surface area (TPSA) is 86.6 Å². The number of fused-ring (bicyclic) bond motifs is 1. The van der Waals surface area contributed by atoms with Crippen molar-refractivity contribution in [2.45, 2.75) is 45.6 Å². The predicted molar refractivity (Wildman–Crippen MR) is 92.0 cm³/mol. The van der Waals surface area contributed by atoms with Gasteiger partial charge in [-0.2, -0.15) is 0 Å². The van der Waals surface area contributed by atoms with Crippen molar-refractivity contribution in [1.82, 2.24) is 19.8 Å². The van der Waals surface area contributed by atoms with Crippen LogP contribution in [-0.4, -0.2) is 69.0 Å². The zero-order valence-electron chi connectivity index (χ0n) is 14.9. The van der Waals surface area contributed by atoms with Crippen molar-refractivity contribution in [3.63, 3.8) is 0 Å². The van der Waals surface area contributed by atoms with Crippen molar-refractivity contribution in [2.24, 2.45) is 5.92 Å². The number of carbonyl (C=O) groups excluding carboxylic acids is 2. The summed E-state index contributed by atoms with van der Waals surface area (Å²) in [6.45, 7) is 5.65. The summed E-state index contributed by atoms with van der Waals surface area (Å²) in [6, 6.07) is 0.187. The number of aromatic nitrogens is 2. The minimum absolute atomic E-state index is 0.0187. The number of carbonyl (C=O) groups is 2. The van der Waals surface area contributed by atoms with Crippen LogP contribution >= 0.6 is 0 Å². The Bertz CT molecular complexity index is 664. The van der Waals surface area contributed by atoms with Crippen molar-refractivity contribution in [3.05, 3.63) is 23.3 Å². The molecule has 1 N–H and O–H groups in total. The number of amides is 2. The molecule has 3 heterocycles. The Morgan fingerprint density at radius 2 is 2.16 bits per heavy atom.